The quantitative estimate of drug-likeness (QED) is 0.454. The van der Waals surface area contributed by atoms with E-state index >= 15 is 0 Å². The Hall–Kier alpha value is -3.50. The summed E-state index contributed by atoms with van der Waals surface area (Å²) >= 11 is 6.08. The lowest BCUT2D eigenvalue weighted by Gasteiger charge is -2.23. The number of carbonyl (C=O) groups is 2. The van der Waals surface area contributed by atoms with Crippen LogP contribution in [0, 0.1) is 11.3 Å². The monoisotopic (exact) mass is 534 g/mol. The lowest BCUT2D eigenvalue weighted by Crippen LogP contribution is -2.46. The Kier molecular flexibility index (Phi) is 7.70. The number of ether oxygens (including phenoxy) is 1. The molecule has 0 aromatic heterocycles. The third-order valence-electron chi connectivity index (χ3n) is 5.50. The molecule has 0 spiro atoms. The fraction of sp³-hybridized carbons (Fsp3) is 0.318. The van der Waals surface area contributed by atoms with Crippen LogP contribution in [0.2, 0.25) is 5.02 Å². The van der Waals surface area contributed by atoms with E-state index in [9.17, 15) is 35.9 Å². The lowest BCUT2D eigenvalue weighted by molar-refractivity contribution is -0.156. The van der Waals surface area contributed by atoms with E-state index in [0.717, 1.165) is 19.2 Å². The first kappa shape index (κ1) is 27.1. The van der Waals surface area contributed by atoms with Crippen molar-refractivity contribution in [3.63, 3.8) is 0 Å². The zero-order chi connectivity index (χ0) is 26.8. The van der Waals surface area contributed by atoms with Gasteiger partial charge in [-0.1, -0.05) is 17.7 Å². The molecule has 1 saturated heterocycles. The smallest absolute Gasteiger partial charge is 0.417 e. The van der Waals surface area contributed by atoms with Crippen LogP contribution in [-0.2, 0) is 15.7 Å². The summed E-state index contributed by atoms with van der Waals surface area (Å²) < 4.78 is 85.7. The van der Waals surface area contributed by atoms with Crippen LogP contribution in [0.15, 0.2) is 36.4 Å². The summed E-state index contributed by atoms with van der Waals surface area (Å²) in [6, 6.07) is 3.90. The van der Waals surface area contributed by atoms with Gasteiger partial charge in [0.2, 0.25) is 5.91 Å². The van der Waals surface area contributed by atoms with Gasteiger partial charge in [-0.25, -0.2) is 4.79 Å². The average Bonchev–Trinajstić information content (AvgIpc) is 3.26. The SMILES string of the molecule is COC(=O)Nc1ccc(NC(=O)[C@@H]2CC(c3ccc(C#N)c(C(F)(F)F)c3)[C@H](C(F)(F)F)N2)c(Cl)c1. The highest BCUT2D eigenvalue weighted by Gasteiger charge is 2.52. The van der Waals surface area contributed by atoms with E-state index in [1.807, 2.05) is 0 Å². The molecule has 1 heterocycles. The Labute approximate surface area is 205 Å². The number of amides is 2. The summed E-state index contributed by atoms with van der Waals surface area (Å²) in [5.74, 6) is -2.43. The van der Waals surface area contributed by atoms with Crippen molar-refractivity contribution in [2.45, 2.75) is 36.8 Å². The zero-order valence-electron chi connectivity index (χ0n) is 18.2. The third kappa shape index (κ3) is 6.00. The van der Waals surface area contributed by atoms with Crippen molar-refractivity contribution in [2.24, 2.45) is 0 Å². The van der Waals surface area contributed by atoms with E-state index in [0.29, 0.717) is 6.07 Å². The first-order valence-electron chi connectivity index (χ1n) is 10.1. The highest BCUT2D eigenvalue weighted by Crippen LogP contribution is 2.42. The Morgan fingerprint density at radius 2 is 1.81 bits per heavy atom. The Morgan fingerprint density at radius 3 is 2.36 bits per heavy atom. The molecule has 0 saturated carbocycles. The average molecular weight is 535 g/mol. The number of nitriles is 1. The van der Waals surface area contributed by atoms with Gasteiger partial charge in [-0.05, 0) is 42.3 Å². The molecule has 1 aliphatic heterocycles. The zero-order valence-corrected chi connectivity index (χ0v) is 19.0. The Bertz CT molecular complexity index is 1210. The topological polar surface area (TPSA) is 103 Å². The van der Waals surface area contributed by atoms with Crippen molar-refractivity contribution in [1.82, 2.24) is 5.32 Å². The molecule has 7 nitrogen and oxygen atoms in total. The molecule has 3 atom stereocenters. The van der Waals surface area contributed by atoms with Gasteiger partial charge >= 0.3 is 18.4 Å². The molecule has 2 amide bonds. The van der Waals surface area contributed by atoms with E-state index in [2.05, 4.69) is 20.7 Å². The molecular weight excluding hydrogens is 518 g/mol. The molecule has 0 aliphatic carbocycles. The van der Waals surface area contributed by atoms with Gasteiger partial charge in [0.05, 0.1) is 41.1 Å². The summed E-state index contributed by atoms with van der Waals surface area (Å²) in [5, 5.41) is 15.8. The maximum atomic E-state index is 13.7. The predicted molar refractivity (Wildman–Crippen MR) is 116 cm³/mol. The number of halogens is 7. The molecule has 3 rings (SSSR count). The number of nitrogens with one attached hydrogen (secondary N) is 3. The minimum atomic E-state index is -4.96. The molecule has 36 heavy (non-hydrogen) atoms. The molecular formula is C22H17ClF6N4O3. The second-order valence-corrected chi connectivity index (χ2v) is 8.20. The fourth-order valence-corrected chi connectivity index (χ4v) is 4.06. The molecule has 2 aromatic carbocycles. The molecule has 1 aliphatic rings. The molecule has 0 radical (unpaired) electrons. The predicted octanol–water partition coefficient (Wildman–Crippen LogP) is 5.42. The standard InChI is InChI=1S/C22H17ClF6N4O3/c1-36-20(35)31-12-4-5-16(15(23)7-12)33-19(34)17-8-13(18(32-17)22(27,28)29)10-2-3-11(9-30)14(6-10)21(24,25)26/h2-7,13,17-18,32H,8H2,1H3,(H,31,35)(H,33,34)/t13?,17-,18+/m0/s1. The number of methoxy groups -OCH3 is 1. The van der Waals surface area contributed by atoms with Gasteiger partial charge in [0.1, 0.15) is 6.04 Å². The molecule has 192 valence electrons. The normalized spacial score (nSPS) is 19.9. The van der Waals surface area contributed by atoms with Gasteiger partial charge in [-0.2, -0.15) is 31.6 Å². The van der Waals surface area contributed by atoms with Gasteiger partial charge in [0.25, 0.3) is 0 Å². The van der Waals surface area contributed by atoms with Crippen LogP contribution in [0.4, 0.5) is 42.5 Å². The molecule has 0 bridgehead atoms. The van der Waals surface area contributed by atoms with Gasteiger partial charge in [-0.3, -0.25) is 15.4 Å². The summed E-state index contributed by atoms with van der Waals surface area (Å²) in [6.45, 7) is 0. The van der Waals surface area contributed by atoms with Crippen LogP contribution in [0.25, 0.3) is 0 Å². The van der Waals surface area contributed by atoms with Gasteiger partial charge in [0.15, 0.2) is 0 Å². The molecule has 1 unspecified atom stereocenters. The van der Waals surface area contributed by atoms with E-state index < -0.39 is 59.9 Å². The number of rotatable bonds is 4. The number of hydrogen-bond acceptors (Lipinski definition) is 5. The minimum absolute atomic E-state index is 0.0311. The number of hydrogen-bond donors (Lipinski definition) is 3. The van der Waals surface area contributed by atoms with Crippen LogP contribution in [0.1, 0.15) is 29.0 Å². The van der Waals surface area contributed by atoms with Crippen molar-refractivity contribution in [2.75, 3.05) is 17.7 Å². The highest BCUT2D eigenvalue weighted by atomic mass is 35.5. The van der Waals surface area contributed by atoms with Crippen LogP contribution >= 0.6 is 11.6 Å². The van der Waals surface area contributed by atoms with Gasteiger partial charge in [-0.15, -0.1) is 0 Å². The van der Waals surface area contributed by atoms with Crippen molar-refractivity contribution >= 4 is 35.0 Å². The van der Waals surface area contributed by atoms with Crippen molar-refractivity contribution < 1.29 is 40.7 Å². The highest BCUT2D eigenvalue weighted by molar-refractivity contribution is 6.34. The summed E-state index contributed by atoms with van der Waals surface area (Å²) in [5.41, 5.74) is -2.15. The molecule has 3 N–H and O–H groups in total. The van der Waals surface area contributed by atoms with E-state index in [-0.39, 0.29) is 22.0 Å². The maximum absolute atomic E-state index is 13.7. The van der Waals surface area contributed by atoms with E-state index in [1.54, 1.807) is 0 Å². The van der Waals surface area contributed by atoms with Crippen LogP contribution < -0.4 is 16.0 Å². The fourth-order valence-electron chi connectivity index (χ4n) is 3.83. The van der Waals surface area contributed by atoms with Gasteiger partial charge < -0.3 is 10.1 Å². The third-order valence-corrected chi connectivity index (χ3v) is 5.81. The second kappa shape index (κ2) is 10.2. The number of nitrogens with zero attached hydrogens (tertiary/aromatic N) is 1. The molecule has 1 fully saturated rings. The Morgan fingerprint density at radius 1 is 1.11 bits per heavy atom. The van der Waals surface area contributed by atoms with Crippen LogP contribution in [0.5, 0.6) is 0 Å². The second-order valence-electron chi connectivity index (χ2n) is 7.80. The van der Waals surface area contributed by atoms with Crippen molar-refractivity contribution in [3.8, 4) is 6.07 Å². The minimum Gasteiger partial charge on any atom is -0.453 e. The first-order chi connectivity index (χ1) is 16.7. The van der Waals surface area contributed by atoms with Crippen molar-refractivity contribution in [3.05, 3.63) is 58.1 Å². The number of benzene rings is 2. The van der Waals surface area contributed by atoms with Crippen molar-refractivity contribution in [1.29, 1.82) is 5.26 Å². The Balaban J connectivity index is 1.85. The number of carbonyl (C=O) groups excluding carboxylic acids is 2. The maximum Gasteiger partial charge on any atom is 0.417 e. The molecule has 2 aromatic rings. The first-order valence-corrected chi connectivity index (χ1v) is 10.5. The van der Waals surface area contributed by atoms with E-state index in [1.165, 1.54) is 24.3 Å². The summed E-state index contributed by atoms with van der Waals surface area (Å²) in [4.78, 5) is 24.0. The molecule has 14 heteroatoms. The van der Waals surface area contributed by atoms with E-state index in [4.69, 9.17) is 16.9 Å². The van der Waals surface area contributed by atoms with Crippen LogP contribution in [-0.4, -0.2) is 37.4 Å². The summed E-state index contributed by atoms with van der Waals surface area (Å²) in [7, 11) is 1.14. The summed E-state index contributed by atoms with van der Waals surface area (Å²) in [6.07, 6.45) is -11.1. The van der Waals surface area contributed by atoms with Gasteiger partial charge in [0, 0.05) is 11.6 Å². The number of anilines is 2. The largest absolute Gasteiger partial charge is 0.453 e. The van der Waals surface area contributed by atoms with Crippen LogP contribution in [0.3, 0.4) is 0 Å². The lowest BCUT2D eigenvalue weighted by atomic mass is 9.88. The number of alkyl halides is 6.